The van der Waals surface area contributed by atoms with Crippen LogP contribution in [0, 0.1) is 0 Å². The maximum absolute atomic E-state index is 11.2. The fourth-order valence-corrected chi connectivity index (χ4v) is 2.61. The smallest absolute Gasteiger partial charge is 0.153 e. The van der Waals surface area contributed by atoms with Crippen molar-refractivity contribution in [2.45, 2.75) is 31.6 Å². The van der Waals surface area contributed by atoms with E-state index < -0.39 is 0 Å². The highest BCUT2D eigenvalue weighted by molar-refractivity contribution is 5.76. The number of hydrogen-bond acceptors (Lipinski definition) is 3. The number of carbonyl (C=O) groups is 1. The van der Waals surface area contributed by atoms with Crippen LogP contribution in [0.3, 0.4) is 0 Å². The second kappa shape index (κ2) is 4.72. The van der Waals surface area contributed by atoms with Gasteiger partial charge in [0.05, 0.1) is 11.3 Å². The Balaban J connectivity index is 2.00. The third kappa shape index (κ3) is 1.94. The number of rotatable bonds is 3. The minimum Gasteiger partial charge on any atom is -0.298 e. The summed E-state index contributed by atoms with van der Waals surface area (Å²) in [6.45, 7) is 0. The highest BCUT2D eigenvalue weighted by Gasteiger charge is 2.23. The van der Waals surface area contributed by atoms with Crippen LogP contribution in [0.15, 0.2) is 30.6 Å². The number of nitrogens with zero attached hydrogens (tertiary/aromatic N) is 3. The standard InChI is InChI=1S/C14H15N3O/c18-10-12-9-17(13-7-3-4-8-15-13)16-14(12)11-5-1-2-6-11/h3-4,7-11H,1-2,5-6H2. The fourth-order valence-electron chi connectivity index (χ4n) is 2.61. The average molecular weight is 241 g/mol. The Morgan fingerprint density at radius 2 is 2.11 bits per heavy atom. The van der Waals surface area contributed by atoms with E-state index in [0.29, 0.717) is 11.5 Å². The molecule has 0 spiro atoms. The Bertz CT molecular complexity index is 541. The molecule has 3 rings (SSSR count). The van der Waals surface area contributed by atoms with E-state index in [1.165, 1.54) is 12.8 Å². The second-order valence-electron chi connectivity index (χ2n) is 4.70. The monoisotopic (exact) mass is 241 g/mol. The summed E-state index contributed by atoms with van der Waals surface area (Å²) >= 11 is 0. The molecule has 18 heavy (non-hydrogen) atoms. The van der Waals surface area contributed by atoms with Gasteiger partial charge in [-0.2, -0.15) is 5.10 Å². The van der Waals surface area contributed by atoms with E-state index in [1.54, 1.807) is 17.1 Å². The van der Waals surface area contributed by atoms with Gasteiger partial charge in [-0.05, 0) is 25.0 Å². The zero-order valence-electron chi connectivity index (χ0n) is 10.1. The third-order valence-electron chi connectivity index (χ3n) is 3.53. The number of aldehydes is 1. The van der Waals surface area contributed by atoms with Crippen molar-refractivity contribution in [3.63, 3.8) is 0 Å². The van der Waals surface area contributed by atoms with Crippen LogP contribution in [0.1, 0.15) is 47.7 Å². The van der Waals surface area contributed by atoms with Crippen LogP contribution in [0.5, 0.6) is 0 Å². The first-order valence-corrected chi connectivity index (χ1v) is 6.34. The predicted molar refractivity (Wildman–Crippen MR) is 68.0 cm³/mol. The summed E-state index contributed by atoms with van der Waals surface area (Å²) in [4.78, 5) is 15.4. The number of pyridine rings is 1. The van der Waals surface area contributed by atoms with Crippen molar-refractivity contribution in [3.05, 3.63) is 41.9 Å². The molecule has 92 valence electrons. The van der Waals surface area contributed by atoms with Crippen molar-refractivity contribution in [3.8, 4) is 5.82 Å². The largest absolute Gasteiger partial charge is 0.298 e. The molecule has 1 aliphatic rings. The zero-order valence-corrected chi connectivity index (χ0v) is 10.1. The van der Waals surface area contributed by atoms with Crippen LogP contribution in [0.25, 0.3) is 5.82 Å². The summed E-state index contributed by atoms with van der Waals surface area (Å²) < 4.78 is 1.71. The van der Waals surface area contributed by atoms with Gasteiger partial charge < -0.3 is 0 Å². The summed E-state index contributed by atoms with van der Waals surface area (Å²) in [6, 6.07) is 5.67. The molecule has 0 atom stereocenters. The van der Waals surface area contributed by atoms with Gasteiger partial charge in [-0.1, -0.05) is 18.9 Å². The highest BCUT2D eigenvalue weighted by Crippen LogP contribution is 2.34. The lowest BCUT2D eigenvalue weighted by atomic mass is 10.0. The molecule has 0 unspecified atom stereocenters. The van der Waals surface area contributed by atoms with Gasteiger partial charge in [0.2, 0.25) is 0 Å². The summed E-state index contributed by atoms with van der Waals surface area (Å²) in [5.41, 5.74) is 1.64. The Morgan fingerprint density at radius 3 is 2.78 bits per heavy atom. The summed E-state index contributed by atoms with van der Waals surface area (Å²) in [7, 11) is 0. The van der Waals surface area contributed by atoms with Crippen LogP contribution in [0.4, 0.5) is 0 Å². The molecule has 4 heteroatoms. The van der Waals surface area contributed by atoms with Gasteiger partial charge in [-0.3, -0.25) is 4.79 Å². The van der Waals surface area contributed by atoms with Gasteiger partial charge in [0.1, 0.15) is 0 Å². The van der Waals surface area contributed by atoms with Crippen molar-refractivity contribution in [1.29, 1.82) is 0 Å². The van der Waals surface area contributed by atoms with E-state index in [-0.39, 0.29) is 0 Å². The summed E-state index contributed by atoms with van der Waals surface area (Å²) in [6.07, 6.45) is 9.16. The molecule has 1 aliphatic carbocycles. The molecule has 4 nitrogen and oxygen atoms in total. The van der Waals surface area contributed by atoms with Gasteiger partial charge in [0, 0.05) is 18.3 Å². The summed E-state index contributed by atoms with van der Waals surface area (Å²) in [5.74, 6) is 1.19. The van der Waals surface area contributed by atoms with Gasteiger partial charge in [-0.15, -0.1) is 0 Å². The third-order valence-corrected chi connectivity index (χ3v) is 3.53. The van der Waals surface area contributed by atoms with E-state index in [1.807, 2.05) is 18.2 Å². The molecule has 0 amide bonds. The average Bonchev–Trinajstić information content (AvgIpc) is 3.08. The molecule has 2 heterocycles. The van der Waals surface area contributed by atoms with E-state index >= 15 is 0 Å². The van der Waals surface area contributed by atoms with E-state index in [0.717, 1.165) is 30.6 Å². The van der Waals surface area contributed by atoms with Crippen LogP contribution in [0.2, 0.25) is 0 Å². The lowest BCUT2D eigenvalue weighted by molar-refractivity contribution is 0.112. The molecular formula is C14H15N3O. The minimum atomic E-state index is 0.440. The van der Waals surface area contributed by atoms with Crippen LogP contribution in [-0.2, 0) is 0 Å². The van der Waals surface area contributed by atoms with Crippen molar-refractivity contribution in [2.24, 2.45) is 0 Å². The quantitative estimate of drug-likeness (QED) is 0.776. The van der Waals surface area contributed by atoms with Crippen LogP contribution < -0.4 is 0 Å². The molecule has 0 saturated heterocycles. The molecule has 2 aromatic heterocycles. The Morgan fingerprint density at radius 1 is 1.28 bits per heavy atom. The fraction of sp³-hybridized carbons (Fsp3) is 0.357. The van der Waals surface area contributed by atoms with Crippen molar-refractivity contribution < 1.29 is 4.79 Å². The number of hydrogen-bond donors (Lipinski definition) is 0. The molecule has 2 aromatic rings. The molecular weight excluding hydrogens is 226 g/mol. The van der Waals surface area contributed by atoms with Gasteiger partial charge in [0.25, 0.3) is 0 Å². The van der Waals surface area contributed by atoms with Crippen molar-refractivity contribution >= 4 is 6.29 Å². The Labute approximate surface area is 106 Å². The molecule has 0 aliphatic heterocycles. The first-order valence-electron chi connectivity index (χ1n) is 6.34. The zero-order chi connectivity index (χ0) is 12.4. The van der Waals surface area contributed by atoms with Crippen LogP contribution in [-0.4, -0.2) is 21.1 Å². The Hall–Kier alpha value is -1.97. The molecule has 1 fully saturated rings. The molecule has 0 bridgehead atoms. The van der Waals surface area contributed by atoms with E-state index in [4.69, 9.17) is 0 Å². The predicted octanol–water partition coefficient (Wildman–Crippen LogP) is 2.74. The van der Waals surface area contributed by atoms with Crippen molar-refractivity contribution in [1.82, 2.24) is 14.8 Å². The lowest BCUT2D eigenvalue weighted by Gasteiger charge is -2.05. The topological polar surface area (TPSA) is 47.8 Å². The number of carbonyl (C=O) groups excluding carboxylic acids is 1. The molecule has 0 aromatic carbocycles. The second-order valence-corrected chi connectivity index (χ2v) is 4.70. The van der Waals surface area contributed by atoms with Gasteiger partial charge >= 0.3 is 0 Å². The Kier molecular flexibility index (Phi) is 2.92. The molecule has 1 saturated carbocycles. The number of aromatic nitrogens is 3. The SMILES string of the molecule is O=Cc1cn(-c2ccccn2)nc1C1CCCC1. The first-order chi connectivity index (χ1) is 8.88. The van der Waals surface area contributed by atoms with Gasteiger partial charge in [-0.25, -0.2) is 9.67 Å². The van der Waals surface area contributed by atoms with Crippen LogP contribution >= 0.6 is 0 Å². The van der Waals surface area contributed by atoms with Crippen molar-refractivity contribution in [2.75, 3.05) is 0 Å². The maximum atomic E-state index is 11.2. The molecule has 0 N–H and O–H groups in total. The summed E-state index contributed by atoms with van der Waals surface area (Å²) in [5, 5.41) is 4.56. The normalized spacial score (nSPS) is 16.0. The van der Waals surface area contributed by atoms with E-state index in [9.17, 15) is 4.79 Å². The maximum Gasteiger partial charge on any atom is 0.153 e. The highest BCUT2D eigenvalue weighted by atomic mass is 16.1. The van der Waals surface area contributed by atoms with Gasteiger partial charge in [0.15, 0.2) is 12.1 Å². The molecule has 0 radical (unpaired) electrons. The minimum absolute atomic E-state index is 0.440. The first kappa shape index (κ1) is 11.1. The lowest BCUT2D eigenvalue weighted by Crippen LogP contribution is -2.00. The van der Waals surface area contributed by atoms with E-state index in [2.05, 4.69) is 10.1 Å².